The molecule has 2 heterocycles. The molecule has 1 amide bonds. The topological polar surface area (TPSA) is 80.9 Å². The standard InChI is InChI=1S/C22H23FN4O2/c1-14-26-22(29-27-14)19-8-7-15(10-20(19)16-4-2-6-18(23)11-16)12-25-21(28)17-5-3-9-24-13-17/h2-6,9,11,13,15,19-20H,7-8,10,12H2,1H3,(H,25,28). The van der Waals surface area contributed by atoms with Gasteiger partial charge in [0, 0.05) is 24.9 Å². The molecule has 1 aliphatic carbocycles. The molecule has 2 aromatic heterocycles. The van der Waals surface area contributed by atoms with Crippen LogP contribution >= 0.6 is 0 Å². The van der Waals surface area contributed by atoms with E-state index in [0.29, 0.717) is 23.8 Å². The number of amides is 1. The molecule has 3 aromatic rings. The molecule has 1 aromatic carbocycles. The van der Waals surface area contributed by atoms with E-state index >= 15 is 0 Å². The normalized spacial score (nSPS) is 21.7. The van der Waals surface area contributed by atoms with Crippen LogP contribution in [0.1, 0.15) is 58.7 Å². The highest BCUT2D eigenvalue weighted by molar-refractivity contribution is 5.93. The maximum atomic E-state index is 13.9. The number of benzene rings is 1. The third-order valence-corrected chi connectivity index (χ3v) is 5.57. The molecule has 150 valence electrons. The summed E-state index contributed by atoms with van der Waals surface area (Å²) in [7, 11) is 0. The lowest BCUT2D eigenvalue weighted by Crippen LogP contribution is -2.33. The van der Waals surface area contributed by atoms with Crippen LogP contribution < -0.4 is 5.32 Å². The van der Waals surface area contributed by atoms with Gasteiger partial charge in [0.15, 0.2) is 5.82 Å². The average Bonchev–Trinajstić information content (AvgIpc) is 3.18. The summed E-state index contributed by atoms with van der Waals surface area (Å²) < 4.78 is 19.3. The summed E-state index contributed by atoms with van der Waals surface area (Å²) in [6.07, 6.45) is 5.77. The van der Waals surface area contributed by atoms with Crippen LogP contribution in [0.15, 0.2) is 53.3 Å². The highest BCUT2D eigenvalue weighted by Crippen LogP contribution is 2.45. The molecule has 1 saturated carbocycles. The van der Waals surface area contributed by atoms with Crippen LogP contribution in [0.5, 0.6) is 0 Å². The molecule has 29 heavy (non-hydrogen) atoms. The van der Waals surface area contributed by atoms with E-state index in [1.54, 1.807) is 43.6 Å². The van der Waals surface area contributed by atoms with Crippen LogP contribution in [-0.4, -0.2) is 27.6 Å². The largest absolute Gasteiger partial charge is 0.352 e. The van der Waals surface area contributed by atoms with Gasteiger partial charge in [-0.15, -0.1) is 0 Å². The molecule has 6 nitrogen and oxygen atoms in total. The van der Waals surface area contributed by atoms with Gasteiger partial charge in [0.25, 0.3) is 5.91 Å². The van der Waals surface area contributed by atoms with Crippen molar-refractivity contribution in [1.82, 2.24) is 20.4 Å². The van der Waals surface area contributed by atoms with Gasteiger partial charge in [-0.2, -0.15) is 4.98 Å². The molecular weight excluding hydrogens is 371 g/mol. The zero-order valence-electron chi connectivity index (χ0n) is 16.2. The van der Waals surface area contributed by atoms with E-state index in [1.165, 1.54) is 6.07 Å². The predicted octanol–water partition coefficient (Wildman–Crippen LogP) is 4.01. The highest BCUT2D eigenvalue weighted by Gasteiger charge is 2.36. The van der Waals surface area contributed by atoms with E-state index in [2.05, 4.69) is 20.4 Å². The Morgan fingerprint density at radius 3 is 2.86 bits per heavy atom. The van der Waals surface area contributed by atoms with Gasteiger partial charge in [-0.1, -0.05) is 17.3 Å². The van der Waals surface area contributed by atoms with Crippen LogP contribution in [0, 0.1) is 18.7 Å². The number of rotatable bonds is 5. The summed E-state index contributed by atoms with van der Waals surface area (Å²) in [5.74, 6) is 1.20. The molecule has 4 rings (SSSR count). The van der Waals surface area contributed by atoms with Crippen molar-refractivity contribution in [2.75, 3.05) is 6.54 Å². The molecule has 3 atom stereocenters. The number of carbonyl (C=O) groups is 1. The maximum absolute atomic E-state index is 13.9. The van der Waals surface area contributed by atoms with E-state index in [4.69, 9.17) is 4.52 Å². The fourth-order valence-corrected chi connectivity index (χ4v) is 4.14. The lowest BCUT2D eigenvalue weighted by atomic mass is 9.71. The number of hydrogen-bond donors (Lipinski definition) is 1. The number of aryl methyl sites for hydroxylation is 1. The molecule has 0 aliphatic heterocycles. The first-order chi connectivity index (χ1) is 14.1. The number of carbonyl (C=O) groups excluding carboxylic acids is 1. The van der Waals surface area contributed by atoms with Crippen molar-refractivity contribution in [1.29, 1.82) is 0 Å². The Bertz CT molecular complexity index is 976. The van der Waals surface area contributed by atoms with Gasteiger partial charge in [0.05, 0.1) is 5.56 Å². The Kier molecular flexibility index (Phi) is 5.64. The first-order valence-electron chi connectivity index (χ1n) is 9.84. The minimum Gasteiger partial charge on any atom is -0.352 e. The molecule has 1 aliphatic rings. The van der Waals surface area contributed by atoms with Crippen molar-refractivity contribution < 1.29 is 13.7 Å². The van der Waals surface area contributed by atoms with Gasteiger partial charge >= 0.3 is 0 Å². The van der Waals surface area contributed by atoms with Gasteiger partial charge in [0.1, 0.15) is 5.82 Å². The van der Waals surface area contributed by atoms with E-state index in [1.807, 2.05) is 6.07 Å². The molecule has 0 bridgehead atoms. The van der Waals surface area contributed by atoms with Crippen LogP contribution in [0.25, 0.3) is 0 Å². The quantitative estimate of drug-likeness (QED) is 0.707. The summed E-state index contributed by atoms with van der Waals surface area (Å²) >= 11 is 0. The van der Waals surface area contributed by atoms with E-state index in [0.717, 1.165) is 24.8 Å². The van der Waals surface area contributed by atoms with Crippen LogP contribution in [0.3, 0.4) is 0 Å². The minimum atomic E-state index is -0.255. The predicted molar refractivity (Wildman–Crippen MR) is 105 cm³/mol. The molecule has 1 N–H and O–H groups in total. The first-order valence-corrected chi connectivity index (χ1v) is 9.84. The first kappa shape index (κ1) is 19.2. The molecule has 7 heteroatoms. The van der Waals surface area contributed by atoms with Crippen molar-refractivity contribution in [2.45, 2.75) is 38.0 Å². The molecule has 0 spiro atoms. The summed E-state index contributed by atoms with van der Waals surface area (Å²) in [5.41, 5.74) is 1.47. The zero-order chi connectivity index (χ0) is 20.2. The number of halogens is 1. The van der Waals surface area contributed by atoms with Crippen LogP contribution in [0.2, 0.25) is 0 Å². The van der Waals surface area contributed by atoms with Crippen molar-refractivity contribution in [3.8, 4) is 0 Å². The van der Waals surface area contributed by atoms with Crippen molar-refractivity contribution in [3.63, 3.8) is 0 Å². The van der Waals surface area contributed by atoms with Crippen molar-refractivity contribution in [3.05, 3.63) is 77.5 Å². The summed E-state index contributed by atoms with van der Waals surface area (Å²) in [4.78, 5) is 20.7. The second kappa shape index (κ2) is 8.51. The molecule has 0 saturated heterocycles. The molecule has 0 radical (unpaired) electrons. The van der Waals surface area contributed by atoms with E-state index in [9.17, 15) is 9.18 Å². The van der Waals surface area contributed by atoms with Crippen LogP contribution in [0.4, 0.5) is 4.39 Å². The number of nitrogens with one attached hydrogen (secondary N) is 1. The Labute approximate surface area is 168 Å². The van der Waals surface area contributed by atoms with E-state index < -0.39 is 0 Å². The second-order valence-corrected chi connectivity index (χ2v) is 7.58. The van der Waals surface area contributed by atoms with Crippen molar-refractivity contribution >= 4 is 5.91 Å². The number of nitrogens with zero attached hydrogens (tertiary/aromatic N) is 3. The van der Waals surface area contributed by atoms with Gasteiger partial charge < -0.3 is 9.84 Å². The molecule has 3 unspecified atom stereocenters. The monoisotopic (exact) mass is 394 g/mol. The van der Waals surface area contributed by atoms with E-state index in [-0.39, 0.29) is 29.5 Å². The van der Waals surface area contributed by atoms with Gasteiger partial charge in [-0.05, 0) is 67.9 Å². The Morgan fingerprint density at radius 2 is 2.14 bits per heavy atom. The maximum Gasteiger partial charge on any atom is 0.252 e. The van der Waals surface area contributed by atoms with Gasteiger partial charge in [-0.25, -0.2) is 4.39 Å². The fourth-order valence-electron chi connectivity index (χ4n) is 4.14. The third kappa shape index (κ3) is 4.50. The Morgan fingerprint density at radius 1 is 1.24 bits per heavy atom. The SMILES string of the molecule is Cc1noc(C2CCC(CNC(=O)c3cccnc3)CC2c2cccc(F)c2)n1. The fraction of sp³-hybridized carbons (Fsp3) is 0.364. The summed E-state index contributed by atoms with van der Waals surface area (Å²) in [6.45, 7) is 2.36. The lowest BCUT2D eigenvalue weighted by molar-refractivity contribution is 0.0940. The van der Waals surface area contributed by atoms with Gasteiger partial charge in [-0.3, -0.25) is 9.78 Å². The summed E-state index contributed by atoms with van der Waals surface area (Å²) in [6, 6.07) is 10.2. The van der Waals surface area contributed by atoms with Crippen LogP contribution in [-0.2, 0) is 0 Å². The molecular formula is C22H23FN4O2. The average molecular weight is 394 g/mol. The summed E-state index contributed by atoms with van der Waals surface area (Å²) in [5, 5.41) is 6.93. The second-order valence-electron chi connectivity index (χ2n) is 7.58. The molecule has 1 fully saturated rings. The smallest absolute Gasteiger partial charge is 0.252 e. The number of hydrogen-bond acceptors (Lipinski definition) is 5. The number of aromatic nitrogens is 3. The Balaban J connectivity index is 1.49. The minimum absolute atomic E-state index is 0.0447. The lowest BCUT2D eigenvalue weighted by Gasteiger charge is -2.34. The Hall–Kier alpha value is -3.09. The van der Waals surface area contributed by atoms with Crippen molar-refractivity contribution in [2.24, 2.45) is 5.92 Å². The number of pyridine rings is 1. The zero-order valence-corrected chi connectivity index (χ0v) is 16.2. The van der Waals surface area contributed by atoms with Gasteiger partial charge in [0.2, 0.25) is 5.89 Å². The highest BCUT2D eigenvalue weighted by atomic mass is 19.1. The third-order valence-electron chi connectivity index (χ3n) is 5.57.